The Balaban J connectivity index is 2.04. The van der Waals surface area contributed by atoms with Crippen LogP contribution < -0.4 is 0 Å². The van der Waals surface area contributed by atoms with E-state index in [1.54, 1.807) is 0 Å². The van der Waals surface area contributed by atoms with Crippen LogP contribution in [0, 0.1) is 11.8 Å². The van der Waals surface area contributed by atoms with E-state index in [1.165, 1.54) is 5.56 Å². The topological polar surface area (TPSA) is 40.5 Å². The van der Waals surface area contributed by atoms with Crippen LogP contribution in [0.1, 0.15) is 44.6 Å². The number of aliphatic hydroxyl groups excluding tert-OH is 1. The SMILES string of the molecule is CC(C)C(CC(=O)N1CCCC(CO)C1)c1ccc(Br)cc1. The highest BCUT2D eigenvalue weighted by molar-refractivity contribution is 9.10. The van der Waals surface area contributed by atoms with E-state index in [-0.39, 0.29) is 24.3 Å². The van der Waals surface area contributed by atoms with Gasteiger partial charge in [-0.05, 0) is 48.3 Å². The summed E-state index contributed by atoms with van der Waals surface area (Å²) in [5, 5.41) is 9.32. The van der Waals surface area contributed by atoms with E-state index in [9.17, 15) is 9.90 Å². The number of piperidine rings is 1. The van der Waals surface area contributed by atoms with Gasteiger partial charge in [0.2, 0.25) is 5.91 Å². The maximum Gasteiger partial charge on any atom is 0.223 e. The van der Waals surface area contributed by atoms with Crippen LogP contribution in [0.4, 0.5) is 0 Å². The zero-order valence-corrected chi connectivity index (χ0v) is 15.1. The van der Waals surface area contributed by atoms with Gasteiger partial charge in [-0.15, -0.1) is 0 Å². The first-order valence-electron chi connectivity index (χ1n) is 8.15. The van der Waals surface area contributed by atoms with E-state index in [0.717, 1.165) is 23.9 Å². The third kappa shape index (κ3) is 4.56. The van der Waals surface area contributed by atoms with Gasteiger partial charge in [-0.2, -0.15) is 0 Å². The molecular formula is C18H26BrNO2. The van der Waals surface area contributed by atoms with Crippen LogP contribution in [-0.2, 0) is 4.79 Å². The number of aliphatic hydroxyl groups is 1. The normalized spacial score (nSPS) is 20.2. The third-order valence-electron chi connectivity index (χ3n) is 4.63. The Bertz CT molecular complexity index is 486. The molecule has 1 heterocycles. The molecule has 2 atom stereocenters. The lowest BCUT2D eigenvalue weighted by atomic mass is 9.85. The number of carbonyl (C=O) groups is 1. The third-order valence-corrected chi connectivity index (χ3v) is 5.16. The quantitative estimate of drug-likeness (QED) is 0.859. The molecule has 0 aromatic heterocycles. The van der Waals surface area contributed by atoms with Gasteiger partial charge in [-0.3, -0.25) is 4.79 Å². The first kappa shape index (κ1) is 17.5. The molecule has 0 radical (unpaired) electrons. The van der Waals surface area contributed by atoms with E-state index in [2.05, 4.69) is 41.9 Å². The van der Waals surface area contributed by atoms with Crippen LogP contribution in [0.25, 0.3) is 0 Å². The van der Waals surface area contributed by atoms with Gasteiger partial charge in [0.15, 0.2) is 0 Å². The summed E-state index contributed by atoms with van der Waals surface area (Å²) in [6, 6.07) is 8.29. The molecule has 1 N–H and O–H groups in total. The fourth-order valence-electron chi connectivity index (χ4n) is 3.21. The maximum absolute atomic E-state index is 12.6. The van der Waals surface area contributed by atoms with E-state index in [1.807, 2.05) is 17.0 Å². The molecule has 1 aliphatic rings. The van der Waals surface area contributed by atoms with Crippen molar-refractivity contribution in [2.24, 2.45) is 11.8 Å². The second-order valence-electron chi connectivity index (χ2n) is 6.64. The molecule has 2 rings (SSSR count). The van der Waals surface area contributed by atoms with Crippen LogP contribution in [-0.4, -0.2) is 35.6 Å². The Morgan fingerprint density at radius 3 is 2.64 bits per heavy atom. The summed E-state index contributed by atoms with van der Waals surface area (Å²) in [5.41, 5.74) is 1.22. The summed E-state index contributed by atoms with van der Waals surface area (Å²) in [6.07, 6.45) is 2.58. The van der Waals surface area contributed by atoms with Crippen molar-refractivity contribution in [1.82, 2.24) is 4.90 Å². The highest BCUT2D eigenvalue weighted by Crippen LogP contribution is 2.30. The number of rotatable bonds is 5. The van der Waals surface area contributed by atoms with Gasteiger partial charge in [-0.1, -0.05) is 41.9 Å². The van der Waals surface area contributed by atoms with Gasteiger partial charge in [0.1, 0.15) is 0 Å². The fraction of sp³-hybridized carbons (Fsp3) is 0.611. The Kier molecular flexibility index (Phi) is 6.45. The minimum absolute atomic E-state index is 0.185. The monoisotopic (exact) mass is 367 g/mol. The highest BCUT2D eigenvalue weighted by atomic mass is 79.9. The molecule has 3 nitrogen and oxygen atoms in total. The van der Waals surface area contributed by atoms with Gasteiger partial charge < -0.3 is 10.0 Å². The van der Waals surface area contributed by atoms with Crippen LogP contribution in [0.5, 0.6) is 0 Å². The molecule has 1 aromatic carbocycles. The Morgan fingerprint density at radius 2 is 2.05 bits per heavy atom. The van der Waals surface area contributed by atoms with Crippen molar-refractivity contribution in [2.45, 2.75) is 39.0 Å². The van der Waals surface area contributed by atoms with Crippen molar-refractivity contribution in [2.75, 3.05) is 19.7 Å². The minimum atomic E-state index is 0.185. The van der Waals surface area contributed by atoms with Crippen LogP contribution in [0.3, 0.4) is 0 Å². The van der Waals surface area contributed by atoms with Crippen molar-refractivity contribution in [1.29, 1.82) is 0 Å². The molecule has 0 aliphatic carbocycles. The number of hydrogen-bond donors (Lipinski definition) is 1. The van der Waals surface area contributed by atoms with Crippen LogP contribution >= 0.6 is 15.9 Å². The number of likely N-dealkylation sites (tertiary alicyclic amines) is 1. The number of nitrogens with zero attached hydrogens (tertiary/aromatic N) is 1. The summed E-state index contributed by atoms with van der Waals surface area (Å²) < 4.78 is 1.06. The van der Waals surface area contributed by atoms with Gasteiger partial charge in [0.05, 0.1) is 0 Å². The molecule has 1 saturated heterocycles. The van der Waals surface area contributed by atoms with Crippen molar-refractivity contribution in [3.8, 4) is 0 Å². The predicted molar refractivity (Wildman–Crippen MR) is 92.7 cm³/mol. The second-order valence-corrected chi connectivity index (χ2v) is 7.55. The standard InChI is InChI=1S/C18H26BrNO2/c1-13(2)17(15-5-7-16(19)8-6-15)10-18(22)20-9-3-4-14(11-20)12-21/h5-8,13-14,17,21H,3-4,9-12H2,1-2H3. The average Bonchev–Trinajstić information content (AvgIpc) is 2.53. The van der Waals surface area contributed by atoms with E-state index in [4.69, 9.17) is 0 Å². The molecule has 22 heavy (non-hydrogen) atoms. The van der Waals surface area contributed by atoms with Crippen molar-refractivity contribution in [3.63, 3.8) is 0 Å². The number of benzene rings is 1. The van der Waals surface area contributed by atoms with Crippen LogP contribution in [0.15, 0.2) is 28.7 Å². The predicted octanol–water partition coefficient (Wildman–Crippen LogP) is 3.81. The fourth-order valence-corrected chi connectivity index (χ4v) is 3.47. The first-order valence-corrected chi connectivity index (χ1v) is 8.94. The Morgan fingerprint density at radius 1 is 1.36 bits per heavy atom. The maximum atomic E-state index is 12.6. The van der Waals surface area contributed by atoms with Crippen molar-refractivity contribution >= 4 is 21.8 Å². The van der Waals surface area contributed by atoms with E-state index >= 15 is 0 Å². The molecule has 122 valence electrons. The molecule has 1 aromatic rings. The lowest BCUT2D eigenvalue weighted by molar-refractivity contribution is -0.134. The van der Waals surface area contributed by atoms with E-state index < -0.39 is 0 Å². The summed E-state index contributed by atoms with van der Waals surface area (Å²) >= 11 is 3.46. The van der Waals surface area contributed by atoms with Crippen molar-refractivity contribution in [3.05, 3.63) is 34.3 Å². The summed E-state index contributed by atoms with van der Waals surface area (Å²) in [5.74, 6) is 1.14. The summed E-state index contributed by atoms with van der Waals surface area (Å²) in [7, 11) is 0. The summed E-state index contributed by atoms with van der Waals surface area (Å²) in [4.78, 5) is 14.6. The van der Waals surface area contributed by atoms with Crippen molar-refractivity contribution < 1.29 is 9.90 Å². The Hall–Kier alpha value is -0.870. The van der Waals surface area contributed by atoms with Gasteiger partial charge >= 0.3 is 0 Å². The Labute approximate surface area is 141 Å². The number of amides is 1. The second kappa shape index (κ2) is 8.11. The largest absolute Gasteiger partial charge is 0.396 e. The van der Waals surface area contributed by atoms with Gasteiger partial charge in [0.25, 0.3) is 0 Å². The lowest BCUT2D eigenvalue weighted by Crippen LogP contribution is -2.41. The molecule has 1 fully saturated rings. The lowest BCUT2D eigenvalue weighted by Gasteiger charge is -2.33. The number of carbonyl (C=O) groups excluding carboxylic acids is 1. The zero-order chi connectivity index (χ0) is 16.1. The minimum Gasteiger partial charge on any atom is -0.396 e. The molecule has 2 unspecified atom stereocenters. The average molecular weight is 368 g/mol. The molecule has 1 amide bonds. The van der Waals surface area contributed by atoms with E-state index in [0.29, 0.717) is 18.9 Å². The molecule has 0 bridgehead atoms. The van der Waals surface area contributed by atoms with Gasteiger partial charge in [-0.25, -0.2) is 0 Å². The highest BCUT2D eigenvalue weighted by Gasteiger charge is 2.26. The molecular weight excluding hydrogens is 342 g/mol. The molecule has 4 heteroatoms. The first-order chi connectivity index (χ1) is 10.5. The number of hydrogen-bond acceptors (Lipinski definition) is 2. The molecule has 1 aliphatic heterocycles. The summed E-state index contributed by atoms with van der Waals surface area (Å²) in [6.45, 7) is 6.07. The molecule has 0 saturated carbocycles. The number of halogens is 1. The molecule has 0 spiro atoms. The van der Waals surface area contributed by atoms with Gasteiger partial charge in [0, 0.05) is 30.6 Å². The van der Waals surface area contributed by atoms with Crippen LogP contribution in [0.2, 0.25) is 0 Å². The zero-order valence-electron chi connectivity index (χ0n) is 13.5. The smallest absolute Gasteiger partial charge is 0.223 e.